The molecule has 0 aliphatic carbocycles. The Morgan fingerprint density at radius 3 is 2.47 bits per heavy atom. The molecular weight excluding hydrogens is 494 g/mol. The summed E-state index contributed by atoms with van der Waals surface area (Å²) < 4.78 is 15.1. The van der Waals surface area contributed by atoms with Crippen LogP contribution < -0.4 is 5.32 Å². The van der Waals surface area contributed by atoms with Crippen molar-refractivity contribution in [1.82, 2.24) is 14.8 Å². The van der Waals surface area contributed by atoms with Gasteiger partial charge in [0.15, 0.2) is 11.0 Å². The fraction of sp³-hybridized carbons (Fsp3) is 0.0455. The van der Waals surface area contributed by atoms with Gasteiger partial charge >= 0.3 is 0 Å². The molecule has 1 heterocycles. The summed E-state index contributed by atoms with van der Waals surface area (Å²) in [5.41, 5.74) is 1.96. The molecule has 0 radical (unpaired) electrons. The molecule has 162 valence electrons. The average Bonchev–Trinajstić information content (AvgIpc) is 3.19. The van der Waals surface area contributed by atoms with Gasteiger partial charge in [-0.1, -0.05) is 58.7 Å². The van der Waals surface area contributed by atoms with Crippen molar-refractivity contribution < 1.29 is 9.18 Å². The van der Waals surface area contributed by atoms with Crippen molar-refractivity contribution >= 4 is 58.2 Å². The Bertz CT molecular complexity index is 1280. The lowest BCUT2D eigenvalue weighted by Crippen LogP contribution is -2.14. The van der Waals surface area contributed by atoms with E-state index in [4.69, 9.17) is 34.8 Å². The van der Waals surface area contributed by atoms with Crippen LogP contribution in [0.3, 0.4) is 0 Å². The number of aromatic nitrogens is 3. The zero-order valence-electron chi connectivity index (χ0n) is 16.2. The van der Waals surface area contributed by atoms with Gasteiger partial charge in [-0.2, -0.15) is 0 Å². The second-order valence-electron chi connectivity index (χ2n) is 6.59. The van der Waals surface area contributed by atoms with Crippen molar-refractivity contribution in [2.45, 2.75) is 5.16 Å². The average molecular weight is 508 g/mol. The van der Waals surface area contributed by atoms with Crippen molar-refractivity contribution in [3.8, 4) is 17.1 Å². The highest BCUT2D eigenvalue weighted by Crippen LogP contribution is 2.30. The van der Waals surface area contributed by atoms with E-state index >= 15 is 0 Å². The van der Waals surface area contributed by atoms with Gasteiger partial charge in [0.25, 0.3) is 0 Å². The third-order valence-corrected chi connectivity index (χ3v) is 6.04. The first kappa shape index (κ1) is 22.6. The highest BCUT2D eigenvalue weighted by molar-refractivity contribution is 7.99. The summed E-state index contributed by atoms with van der Waals surface area (Å²) in [5, 5.41) is 12.9. The van der Waals surface area contributed by atoms with Gasteiger partial charge in [0, 0.05) is 27.0 Å². The Hall–Kier alpha value is -2.58. The number of hydrogen-bond donors (Lipinski definition) is 1. The van der Waals surface area contributed by atoms with Gasteiger partial charge < -0.3 is 5.32 Å². The van der Waals surface area contributed by atoms with Crippen molar-refractivity contribution in [1.29, 1.82) is 0 Å². The van der Waals surface area contributed by atoms with Crippen molar-refractivity contribution in [2.75, 3.05) is 11.1 Å². The van der Waals surface area contributed by atoms with E-state index in [9.17, 15) is 9.18 Å². The maximum Gasteiger partial charge on any atom is 0.234 e. The molecule has 0 atom stereocenters. The molecule has 32 heavy (non-hydrogen) atoms. The Morgan fingerprint density at radius 1 is 0.969 bits per heavy atom. The standard InChI is InChI=1S/C22H14Cl3FN4OS/c23-14-4-7-17(8-5-14)30-21(13-2-1-3-15(24)10-13)28-29-22(30)32-12-20(31)27-16-6-9-19(26)18(25)11-16/h1-11H,12H2,(H,27,31). The first-order valence-electron chi connectivity index (χ1n) is 9.26. The minimum absolute atomic E-state index is 0.0518. The Kier molecular flexibility index (Phi) is 7.01. The minimum atomic E-state index is -0.552. The number of benzene rings is 3. The number of thioether (sulfide) groups is 1. The maximum absolute atomic E-state index is 13.3. The largest absolute Gasteiger partial charge is 0.325 e. The zero-order valence-corrected chi connectivity index (χ0v) is 19.3. The molecule has 0 bridgehead atoms. The van der Waals surface area contributed by atoms with Crippen molar-refractivity contribution in [2.24, 2.45) is 0 Å². The Balaban J connectivity index is 1.60. The highest BCUT2D eigenvalue weighted by atomic mass is 35.5. The number of amides is 1. The van der Waals surface area contributed by atoms with E-state index in [1.54, 1.807) is 24.3 Å². The molecule has 0 unspecified atom stereocenters. The summed E-state index contributed by atoms with van der Waals surface area (Å²) in [6, 6.07) is 18.5. The number of rotatable bonds is 6. The molecule has 1 N–H and O–H groups in total. The lowest BCUT2D eigenvalue weighted by atomic mass is 10.2. The molecule has 4 aromatic rings. The van der Waals surface area contributed by atoms with E-state index in [0.717, 1.165) is 11.3 Å². The molecular formula is C22H14Cl3FN4OS. The quantitative estimate of drug-likeness (QED) is 0.293. The summed E-state index contributed by atoms with van der Waals surface area (Å²) in [7, 11) is 0. The van der Waals surface area contributed by atoms with Crippen LogP contribution >= 0.6 is 46.6 Å². The monoisotopic (exact) mass is 506 g/mol. The van der Waals surface area contributed by atoms with E-state index in [1.165, 1.54) is 30.0 Å². The molecule has 0 saturated heterocycles. The van der Waals surface area contributed by atoms with Gasteiger partial charge in [-0.3, -0.25) is 9.36 Å². The lowest BCUT2D eigenvalue weighted by molar-refractivity contribution is -0.113. The van der Waals surface area contributed by atoms with E-state index in [0.29, 0.717) is 26.7 Å². The number of nitrogens with zero attached hydrogens (tertiary/aromatic N) is 3. The van der Waals surface area contributed by atoms with E-state index in [2.05, 4.69) is 15.5 Å². The van der Waals surface area contributed by atoms with Crippen LogP contribution in [0.1, 0.15) is 0 Å². The molecule has 1 aromatic heterocycles. The predicted octanol–water partition coefficient (Wildman–Crippen LogP) is 6.76. The van der Waals surface area contributed by atoms with Crippen molar-refractivity contribution in [3.05, 3.63) is 87.6 Å². The molecule has 0 aliphatic heterocycles. The second-order valence-corrected chi connectivity index (χ2v) is 8.82. The van der Waals surface area contributed by atoms with E-state index in [1.807, 2.05) is 28.8 Å². The predicted molar refractivity (Wildman–Crippen MR) is 128 cm³/mol. The summed E-state index contributed by atoms with van der Waals surface area (Å²) in [6.45, 7) is 0. The molecule has 5 nitrogen and oxygen atoms in total. The SMILES string of the molecule is O=C(CSc1nnc(-c2cccc(Cl)c2)n1-c1ccc(Cl)cc1)Nc1ccc(F)c(Cl)c1. The fourth-order valence-corrected chi connectivity index (χ4v) is 4.15. The van der Waals surface area contributed by atoms with Crippen LogP contribution in [-0.2, 0) is 4.79 Å². The zero-order chi connectivity index (χ0) is 22.7. The third kappa shape index (κ3) is 5.24. The van der Waals surface area contributed by atoms with Crippen LogP contribution in [0.25, 0.3) is 17.1 Å². The lowest BCUT2D eigenvalue weighted by Gasteiger charge is -2.11. The number of nitrogens with one attached hydrogen (secondary N) is 1. The summed E-state index contributed by atoms with van der Waals surface area (Å²) in [5.74, 6) is -0.227. The molecule has 10 heteroatoms. The molecule has 3 aromatic carbocycles. The van der Waals surface area contributed by atoms with Crippen LogP contribution in [0.4, 0.5) is 10.1 Å². The van der Waals surface area contributed by atoms with Crippen LogP contribution in [0, 0.1) is 5.82 Å². The minimum Gasteiger partial charge on any atom is -0.325 e. The first-order chi connectivity index (χ1) is 15.4. The second kappa shape index (κ2) is 9.92. The molecule has 0 fully saturated rings. The molecule has 1 amide bonds. The van der Waals surface area contributed by atoms with Crippen LogP contribution in [0.5, 0.6) is 0 Å². The normalized spacial score (nSPS) is 10.9. The highest BCUT2D eigenvalue weighted by Gasteiger charge is 2.18. The number of carbonyl (C=O) groups is 1. The van der Waals surface area contributed by atoms with Gasteiger partial charge in [-0.15, -0.1) is 10.2 Å². The number of halogens is 4. The fourth-order valence-electron chi connectivity index (χ4n) is 2.90. The third-order valence-electron chi connectivity index (χ3n) is 4.34. The van der Waals surface area contributed by atoms with Gasteiger partial charge in [0.2, 0.25) is 5.91 Å². The summed E-state index contributed by atoms with van der Waals surface area (Å²) >= 11 is 19.2. The van der Waals surface area contributed by atoms with Crippen LogP contribution in [0.2, 0.25) is 15.1 Å². The summed E-state index contributed by atoms with van der Waals surface area (Å²) in [4.78, 5) is 12.4. The number of anilines is 1. The summed E-state index contributed by atoms with van der Waals surface area (Å²) in [6.07, 6.45) is 0. The van der Waals surface area contributed by atoms with Gasteiger partial charge in [0.05, 0.1) is 10.8 Å². The van der Waals surface area contributed by atoms with Gasteiger partial charge in [0.1, 0.15) is 5.82 Å². The van der Waals surface area contributed by atoms with E-state index in [-0.39, 0.29) is 16.7 Å². The topological polar surface area (TPSA) is 59.8 Å². The van der Waals surface area contributed by atoms with Gasteiger partial charge in [-0.25, -0.2) is 4.39 Å². The van der Waals surface area contributed by atoms with Gasteiger partial charge in [-0.05, 0) is 54.6 Å². The molecule has 4 rings (SSSR count). The first-order valence-corrected chi connectivity index (χ1v) is 11.4. The number of carbonyl (C=O) groups excluding carboxylic acids is 1. The molecule has 0 saturated carbocycles. The maximum atomic E-state index is 13.3. The molecule has 0 spiro atoms. The Morgan fingerprint density at radius 2 is 1.75 bits per heavy atom. The smallest absolute Gasteiger partial charge is 0.234 e. The van der Waals surface area contributed by atoms with E-state index < -0.39 is 5.82 Å². The van der Waals surface area contributed by atoms with Crippen LogP contribution in [-0.4, -0.2) is 26.4 Å². The molecule has 0 aliphatic rings. The Labute approximate surface area is 202 Å². The van der Waals surface area contributed by atoms with Crippen molar-refractivity contribution in [3.63, 3.8) is 0 Å². The van der Waals surface area contributed by atoms with Crippen LogP contribution in [0.15, 0.2) is 71.9 Å². The number of hydrogen-bond acceptors (Lipinski definition) is 4.